The Hall–Kier alpha value is -2.89. The summed E-state index contributed by atoms with van der Waals surface area (Å²) in [6.07, 6.45) is 0.733. The van der Waals surface area contributed by atoms with Crippen LogP contribution in [0.2, 0.25) is 0 Å². The number of fused-ring (bicyclic) bond motifs is 1. The third-order valence-electron chi connectivity index (χ3n) is 4.31. The van der Waals surface area contributed by atoms with Crippen LogP contribution >= 0.6 is 0 Å². The molecule has 124 valence electrons. The zero-order valence-electron chi connectivity index (χ0n) is 13.5. The van der Waals surface area contributed by atoms with Gasteiger partial charge in [0, 0.05) is 30.9 Å². The second-order valence-corrected chi connectivity index (χ2v) is 5.72. The molecule has 3 rings (SSSR count). The molecule has 0 saturated carbocycles. The Morgan fingerprint density at radius 3 is 2.67 bits per heavy atom. The molecular formula is C18H19N3O3. The van der Waals surface area contributed by atoms with E-state index in [1.807, 2.05) is 42.2 Å². The third-order valence-corrected chi connectivity index (χ3v) is 4.31. The Kier molecular flexibility index (Phi) is 4.46. The second-order valence-electron chi connectivity index (χ2n) is 5.72. The number of amides is 1. The van der Waals surface area contributed by atoms with Crippen LogP contribution in [0.25, 0.3) is 0 Å². The van der Waals surface area contributed by atoms with E-state index in [1.165, 1.54) is 12.1 Å². The Labute approximate surface area is 140 Å². The van der Waals surface area contributed by atoms with Gasteiger partial charge in [0.05, 0.1) is 17.2 Å². The summed E-state index contributed by atoms with van der Waals surface area (Å²) in [6, 6.07) is 14.5. The number of carbonyl (C=O) groups is 1. The topological polar surface area (TPSA) is 66.7 Å². The number of non-ortho nitro benzene ring substituents is 1. The maximum absolute atomic E-state index is 12.7. The number of likely N-dealkylation sites (N-methyl/N-ethyl adjacent to an activating group) is 1. The first-order valence-corrected chi connectivity index (χ1v) is 7.98. The Balaban J connectivity index is 1.80. The van der Waals surface area contributed by atoms with Crippen molar-refractivity contribution in [3.05, 3.63) is 64.2 Å². The van der Waals surface area contributed by atoms with Crippen molar-refractivity contribution in [2.24, 2.45) is 0 Å². The van der Waals surface area contributed by atoms with Crippen molar-refractivity contribution in [3.63, 3.8) is 0 Å². The van der Waals surface area contributed by atoms with Gasteiger partial charge in [-0.25, -0.2) is 0 Å². The molecule has 6 heteroatoms. The van der Waals surface area contributed by atoms with Gasteiger partial charge in [-0.3, -0.25) is 14.9 Å². The number of rotatable bonds is 5. The van der Waals surface area contributed by atoms with Crippen molar-refractivity contribution in [2.75, 3.05) is 29.4 Å². The van der Waals surface area contributed by atoms with Crippen LogP contribution in [0.5, 0.6) is 0 Å². The smallest absolute Gasteiger partial charge is 0.271 e. The maximum atomic E-state index is 12.7. The van der Waals surface area contributed by atoms with Gasteiger partial charge in [0.15, 0.2) is 0 Å². The van der Waals surface area contributed by atoms with Crippen LogP contribution < -0.4 is 9.80 Å². The molecular weight excluding hydrogens is 306 g/mol. The van der Waals surface area contributed by atoms with E-state index in [0.29, 0.717) is 18.8 Å². The zero-order chi connectivity index (χ0) is 17.1. The van der Waals surface area contributed by atoms with Crippen LogP contribution in [0, 0.1) is 10.1 Å². The largest absolute Gasteiger partial charge is 0.362 e. The number of hydrogen-bond donors (Lipinski definition) is 0. The predicted molar refractivity (Wildman–Crippen MR) is 93.5 cm³/mol. The van der Waals surface area contributed by atoms with Gasteiger partial charge >= 0.3 is 0 Å². The summed E-state index contributed by atoms with van der Waals surface area (Å²) >= 11 is 0. The van der Waals surface area contributed by atoms with Crippen molar-refractivity contribution in [1.29, 1.82) is 0 Å². The molecule has 0 aliphatic carbocycles. The van der Waals surface area contributed by atoms with E-state index in [2.05, 4.69) is 0 Å². The molecule has 0 saturated heterocycles. The predicted octanol–water partition coefficient (Wildman–Crippen LogP) is 3.01. The summed E-state index contributed by atoms with van der Waals surface area (Å²) in [5.41, 5.74) is 2.66. The van der Waals surface area contributed by atoms with Gasteiger partial charge in [0.2, 0.25) is 5.91 Å². The SMILES string of the molecule is CCN(CC(=O)N1CCc2ccc([N+](=O)[O-])cc21)c1ccccc1. The molecule has 0 atom stereocenters. The van der Waals surface area contributed by atoms with Gasteiger partial charge in [-0.15, -0.1) is 0 Å². The second kappa shape index (κ2) is 6.70. The fraction of sp³-hybridized carbons (Fsp3) is 0.278. The van der Waals surface area contributed by atoms with E-state index in [0.717, 1.165) is 17.7 Å². The number of nitrogens with zero attached hydrogens (tertiary/aromatic N) is 3. The molecule has 0 fully saturated rings. The number of nitro groups is 1. The summed E-state index contributed by atoms with van der Waals surface area (Å²) in [6.45, 7) is 3.54. The minimum Gasteiger partial charge on any atom is -0.362 e. The fourth-order valence-electron chi connectivity index (χ4n) is 3.01. The van der Waals surface area contributed by atoms with Gasteiger partial charge in [-0.2, -0.15) is 0 Å². The summed E-state index contributed by atoms with van der Waals surface area (Å²) < 4.78 is 0. The minimum atomic E-state index is -0.427. The van der Waals surface area contributed by atoms with E-state index < -0.39 is 4.92 Å². The lowest BCUT2D eigenvalue weighted by atomic mass is 10.1. The van der Waals surface area contributed by atoms with Crippen molar-refractivity contribution in [1.82, 2.24) is 0 Å². The normalized spacial score (nSPS) is 12.8. The molecule has 1 heterocycles. The molecule has 0 bridgehead atoms. The first kappa shape index (κ1) is 16.0. The van der Waals surface area contributed by atoms with Gasteiger partial charge in [0.25, 0.3) is 5.69 Å². The lowest BCUT2D eigenvalue weighted by molar-refractivity contribution is -0.384. The summed E-state index contributed by atoms with van der Waals surface area (Å²) in [7, 11) is 0. The Morgan fingerprint density at radius 1 is 1.25 bits per heavy atom. The molecule has 0 spiro atoms. The Bertz CT molecular complexity index is 761. The summed E-state index contributed by atoms with van der Waals surface area (Å²) in [4.78, 5) is 27.0. The van der Waals surface area contributed by atoms with Crippen molar-refractivity contribution >= 4 is 23.0 Å². The van der Waals surface area contributed by atoms with Gasteiger partial charge in [-0.05, 0) is 31.0 Å². The number of benzene rings is 2. The molecule has 2 aromatic rings. The van der Waals surface area contributed by atoms with Crippen LogP contribution in [-0.2, 0) is 11.2 Å². The summed E-state index contributed by atoms with van der Waals surface area (Å²) in [5.74, 6) is -0.0417. The molecule has 1 aliphatic heterocycles. The molecule has 0 aromatic heterocycles. The number of carbonyl (C=O) groups excluding carboxylic acids is 1. The average molecular weight is 325 g/mol. The number of para-hydroxylation sites is 1. The quantitative estimate of drug-likeness (QED) is 0.626. The first-order valence-electron chi connectivity index (χ1n) is 7.98. The van der Waals surface area contributed by atoms with Gasteiger partial charge in [0.1, 0.15) is 0 Å². The first-order chi connectivity index (χ1) is 11.6. The van der Waals surface area contributed by atoms with E-state index in [1.54, 1.807) is 11.0 Å². The van der Waals surface area contributed by atoms with Crippen molar-refractivity contribution in [3.8, 4) is 0 Å². The molecule has 1 aliphatic rings. The molecule has 1 amide bonds. The number of nitro benzene ring substituents is 1. The number of hydrogen-bond acceptors (Lipinski definition) is 4. The molecule has 2 aromatic carbocycles. The van der Waals surface area contributed by atoms with Crippen LogP contribution in [0.4, 0.5) is 17.1 Å². The highest BCUT2D eigenvalue weighted by Crippen LogP contribution is 2.32. The molecule has 0 radical (unpaired) electrons. The average Bonchev–Trinajstić information content (AvgIpc) is 3.03. The lowest BCUT2D eigenvalue weighted by Gasteiger charge is -2.26. The molecule has 24 heavy (non-hydrogen) atoms. The summed E-state index contributed by atoms with van der Waals surface area (Å²) in [5, 5.41) is 11.0. The van der Waals surface area contributed by atoms with Crippen molar-refractivity contribution < 1.29 is 9.72 Å². The van der Waals surface area contributed by atoms with E-state index in [-0.39, 0.29) is 18.1 Å². The van der Waals surface area contributed by atoms with Gasteiger partial charge < -0.3 is 9.80 Å². The van der Waals surface area contributed by atoms with Crippen LogP contribution in [0.15, 0.2) is 48.5 Å². The lowest BCUT2D eigenvalue weighted by Crippen LogP contribution is -2.39. The number of anilines is 2. The third kappa shape index (κ3) is 3.08. The standard InChI is InChI=1S/C18H19N3O3/c1-2-19(15-6-4-3-5-7-15)13-18(22)20-11-10-14-8-9-16(21(23)24)12-17(14)20/h3-9,12H,2,10-11,13H2,1H3. The fourth-order valence-corrected chi connectivity index (χ4v) is 3.01. The van der Waals surface area contributed by atoms with Gasteiger partial charge in [-0.1, -0.05) is 24.3 Å². The van der Waals surface area contributed by atoms with E-state index >= 15 is 0 Å². The molecule has 0 N–H and O–H groups in total. The van der Waals surface area contributed by atoms with E-state index in [9.17, 15) is 14.9 Å². The molecule has 6 nitrogen and oxygen atoms in total. The Morgan fingerprint density at radius 2 is 2.00 bits per heavy atom. The highest BCUT2D eigenvalue weighted by atomic mass is 16.6. The maximum Gasteiger partial charge on any atom is 0.271 e. The van der Waals surface area contributed by atoms with Crippen LogP contribution in [-0.4, -0.2) is 30.5 Å². The zero-order valence-corrected chi connectivity index (χ0v) is 13.5. The van der Waals surface area contributed by atoms with Crippen LogP contribution in [0.3, 0.4) is 0 Å². The van der Waals surface area contributed by atoms with Crippen molar-refractivity contribution in [2.45, 2.75) is 13.3 Å². The van der Waals surface area contributed by atoms with E-state index in [4.69, 9.17) is 0 Å². The highest BCUT2D eigenvalue weighted by Gasteiger charge is 2.27. The molecule has 0 unspecified atom stereocenters. The monoisotopic (exact) mass is 325 g/mol. The van der Waals surface area contributed by atoms with Crippen LogP contribution in [0.1, 0.15) is 12.5 Å². The minimum absolute atomic E-state index is 0.0175. The highest BCUT2D eigenvalue weighted by molar-refractivity contribution is 5.98.